The number of nitrogens with zero attached hydrogens (tertiary/aromatic N) is 1. The SMILES string of the molecule is COc1cc(C=CC(=O)OC2CC3C[C@H](OC(=O)C=Cc4cc(OC)c(OC)c(OC)c4)C(C2)N3C)cc(OC)c1OC. The van der Waals surface area contributed by atoms with Gasteiger partial charge in [-0.25, -0.2) is 9.59 Å². The van der Waals surface area contributed by atoms with Gasteiger partial charge in [0.25, 0.3) is 0 Å². The van der Waals surface area contributed by atoms with Gasteiger partial charge in [0.2, 0.25) is 11.5 Å². The van der Waals surface area contributed by atoms with Crippen molar-refractivity contribution in [2.45, 2.75) is 43.6 Å². The quantitative estimate of drug-likeness (QED) is 0.260. The molecule has 2 saturated heterocycles. The van der Waals surface area contributed by atoms with Crippen LogP contribution in [0.25, 0.3) is 12.2 Å². The van der Waals surface area contributed by atoms with E-state index in [1.54, 1.807) is 36.4 Å². The van der Waals surface area contributed by atoms with Crippen LogP contribution in [0.1, 0.15) is 30.4 Å². The molecular formula is C32H39NO10. The third-order valence-electron chi connectivity index (χ3n) is 7.82. The Morgan fingerprint density at radius 3 is 1.51 bits per heavy atom. The number of ether oxygens (including phenoxy) is 8. The molecule has 2 fully saturated rings. The van der Waals surface area contributed by atoms with E-state index in [4.69, 9.17) is 37.9 Å². The van der Waals surface area contributed by atoms with Crippen molar-refractivity contribution in [1.29, 1.82) is 0 Å². The van der Waals surface area contributed by atoms with Crippen molar-refractivity contribution < 1.29 is 47.5 Å². The molecule has 2 bridgehead atoms. The molecule has 2 aromatic carbocycles. The van der Waals surface area contributed by atoms with Gasteiger partial charge in [-0.2, -0.15) is 0 Å². The van der Waals surface area contributed by atoms with E-state index in [1.807, 2.05) is 7.05 Å². The smallest absolute Gasteiger partial charge is 0.331 e. The van der Waals surface area contributed by atoms with E-state index >= 15 is 0 Å². The molecule has 0 aromatic heterocycles. The minimum Gasteiger partial charge on any atom is -0.493 e. The van der Waals surface area contributed by atoms with Crippen LogP contribution in [0.3, 0.4) is 0 Å². The molecule has 0 amide bonds. The molecule has 4 rings (SSSR count). The first kappa shape index (κ1) is 31.6. The largest absolute Gasteiger partial charge is 0.493 e. The first-order valence-corrected chi connectivity index (χ1v) is 13.8. The number of fused-ring (bicyclic) bond motifs is 2. The summed E-state index contributed by atoms with van der Waals surface area (Å²) in [7, 11) is 11.2. The number of esters is 2. The summed E-state index contributed by atoms with van der Waals surface area (Å²) in [6.07, 6.45) is 7.33. The normalized spacial score (nSPS) is 21.5. The first-order chi connectivity index (χ1) is 20.7. The molecule has 11 nitrogen and oxygen atoms in total. The lowest BCUT2D eigenvalue weighted by Crippen LogP contribution is -2.45. The van der Waals surface area contributed by atoms with Gasteiger partial charge < -0.3 is 37.9 Å². The van der Waals surface area contributed by atoms with Crippen LogP contribution in [0.5, 0.6) is 34.5 Å². The van der Waals surface area contributed by atoms with Crippen LogP contribution in [0.15, 0.2) is 36.4 Å². The van der Waals surface area contributed by atoms with Crippen molar-refractivity contribution >= 4 is 24.1 Å². The van der Waals surface area contributed by atoms with Crippen LogP contribution < -0.4 is 28.4 Å². The third kappa shape index (κ3) is 7.16. The maximum atomic E-state index is 12.8. The fourth-order valence-electron chi connectivity index (χ4n) is 5.71. The number of carbonyl (C=O) groups excluding carboxylic acids is 2. The Kier molecular flexibility index (Phi) is 10.4. The first-order valence-electron chi connectivity index (χ1n) is 13.8. The molecule has 11 heteroatoms. The number of benzene rings is 2. The molecule has 0 saturated carbocycles. The Balaban J connectivity index is 1.36. The number of carbonyl (C=O) groups is 2. The van der Waals surface area contributed by atoms with Crippen LogP contribution in [-0.2, 0) is 19.1 Å². The molecule has 2 heterocycles. The topological polar surface area (TPSA) is 111 Å². The molecule has 232 valence electrons. The summed E-state index contributed by atoms with van der Waals surface area (Å²) in [5.74, 6) is 1.98. The summed E-state index contributed by atoms with van der Waals surface area (Å²) in [5.41, 5.74) is 1.39. The summed E-state index contributed by atoms with van der Waals surface area (Å²) in [5, 5.41) is 0. The van der Waals surface area contributed by atoms with Gasteiger partial charge >= 0.3 is 11.9 Å². The van der Waals surface area contributed by atoms with Crippen molar-refractivity contribution in [2.75, 3.05) is 49.7 Å². The van der Waals surface area contributed by atoms with E-state index in [1.165, 1.54) is 54.8 Å². The zero-order valence-corrected chi connectivity index (χ0v) is 25.6. The van der Waals surface area contributed by atoms with E-state index in [9.17, 15) is 9.59 Å². The molecule has 2 aromatic rings. The van der Waals surface area contributed by atoms with Crippen LogP contribution in [0.4, 0.5) is 0 Å². The Labute approximate surface area is 251 Å². The summed E-state index contributed by atoms with van der Waals surface area (Å²) < 4.78 is 43.9. The summed E-state index contributed by atoms with van der Waals surface area (Å²) in [4.78, 5) is 27.7. The van der Waals surface area contributed by atoms with E-state index < -0.39 is 11.9 Å². The summed E-state index contributed by atoms with van der Waals surface area (Å²) >= 11 is 0. The Bertz CT molecular complexity index is 1320. The van der Waals surface area contributed by atoms with Gasteiger partial charge in [0, 0.05) is 37.5 Å². The van der Waals surface area contributed by atoms with Crippen LogP contribution >= 0.6 is 0 Å². The fourth-order valence-corrected chi connectivity index (χ4v) is 5.71. The van der Waals surface area contributed by atoms with Gasteiger partial charge in [0.15, 0.2) is 23.0 Å². The molecule has 0 spiro atoms. The zero-order chi connectivity index (χ0) is 31.1. The maximum absolute atomic E-state index is 12.8. The molecule has 2 aliphatic heterocycles. The number of hydrogen-bond acceptors (Lipinski definition) is 11. The van der Waals surface area contributed by atoms with Crippen molar-refractivity contribution in [1.82, 2.24) is 4.90 Å². The number of likely N-dealkylation sites (N-methyl/N-ethyl adjacent to an activating group) is 1. The minimum absolute atomic E-state index is 0.0610. The van der Waals surface area contributed by atoms with E-state index in [0.29, 0.717) is 64.9 Å². The van der Waals surface area contributed by atoms with Crippen molar-refractivity contribution in [3.8, 4) is 34.5 Å². The minimum atomic E-state index is -0.457. The molecule has 0 radical (unpaired) electrons. The summed E-state index contributed by atoms with van der Waals surface area (Å²) in [6.45, 7) is 0. The van der Waals surface area contributed by atoms with Gasteiger partial charge in [0.1, 0.15) is 12.2 Å². The molecule has 0 N–H and O–H groups in total. The van der Waals surface area contributed by atoms with Crippen LogP contribution in [0, 0.1) is 0 Å². The number of piperidine rings is 1. The standard InChI is InChI=1S/C32H39NO10/c1-33-21-16-22(42-29(34)10-8-19-12-25(36-2)31(40-6)26(13-19)37-3)18-23(33)24(17-21)43-30(35)11-9-20-14-27(38-4)32(41-7)28(15-20)39-5/h8-15,21-24H,16-18H2,1-7H3/t21?,22?,23?,24-/m0/s1. The lowest BCUT2D eigenvalue weighted by atomic mass is 10.0. The lowest BCUT2D eigenvalue weighted by molar-refractivity contribution is -0.149. The van der Waals surface area contributed by atoms with Gasteiger partial charge in [-0.15, -0.1) is 0 Å². The monoisotopic (exact) mass is 597 g/mol. The third-order valence-corrected chi connectivity index (χ3v) is 7.82. The van der Waals surface area contributed by atoms with Gasteiger partial charge in [0.05, 0.1) is 48.7 Å². The van der Waals surface area contributed by atoms with Crippen molar-refractivity contribution in [2.24, 2.45) is 0 Å². The van der Waals surface area contributed by atoms with Gasteiger partial charge in [-0.05, 0) is 54.6 Å². The highest BCUT2D eigenvalue weighted by atomic mass is 16.6. The molecule has 0 aliphatic carbocycles. The van der Waals surface area contributed by atoms with E-state index in [-0.39, 0.29) is 24.3 Å². The molecule has 43 heavy (non-hydrogen) atoms. The number of rotatable bonds is 12. The molecular weight excluding hydrogens is 558 g/mol. The number of methoxy groups -OCH3 is 6. The van der Waals surface area contributed by atoms with E-state index in [0.717, 1.165) is 0 Å². The molecule has 4 atom stereocenters. The van der Waals surface area contributed by atoms with E-state index in [2.05, 4.69) is 4.90 Å². The second-order valence-corrected chi connectivity index (χ2v) is 10.2. The highest BCUT2D eigenvalue weighted by Gasteiger charge is 2.47. The Morgan fingerprint density at radius 2 is 1.09 bits per heavy atom. The maximum Gasteiger partial charge on any atom is 0.331 e. The average Bonchev–Trinajstić information content (AvgIpc) is 3.17. The Hall–Kier alpha value is -4.38. The zero-order valence-electron chi connectivity index (χ0n) is 25.6. The average molecular weight is 598 g/mol. The fraction of sp³-hybridized carbons (Fsp3) is 0.438. The lowest BCUT2D eigenvalue weighted by Gasteiger charge is -2.36. The molecule has 2 aliphatic rings. The highest BCUT2D eigenvalue weighted by molar-refractivity contribution is 5.88. The summed E-state index contributed by atoms with van der Waals surface area (Å²) in [6, 6.07) is 7.06. The number of hydrogen-bond donors (Lipinski definition) is 0. The van der Waals surface area contributed by atoms with Gasteiger partial charge in [-0.1, -0.05) is 0 Å². The van der Waals surface area contributed by atoms with Crippen LogP contribution in [-0.4, -0.2) is 90.8 Å². The van der Waals surface area contributed by atoms with Crippen molar-refractivity contribution in [3.05, 3.63) is 47.5 Å². The highest BCUT2D eigenvalue weighted by Crippen LogP contribution is 2.40. The van der Waals surface area contributed by atoms with Crippen molar-refractivity contribution in [3.63, 3.8) is 0 Å². The Morgan fingerprint density at radius 1 is 0.651 bits per heavy atom. The molecule has 3 unspecified atom stereocenters. The van der Waals surface area contributed by atoms with Crippen LogP contribution in [0.2, 0.25) is 0 Å². The predicted molar refractivity (Wildman–Crippen MR) is 159 cm³/mol. The second kappa shape index (κ2) is 14.2. The second-order valence-electron chi connectivity index (χ2n) is 10.2. The van der Waals surface area contributed by atoms with Gasteiger partial charge in [-0.3, -0.25) is 4.90 Å². The predicted octanol–water partition coefficient (Wildman–Crippen LogP) is 4.15.